The highest BCUT2D eigenvalue weighted by molar-refractivity contribution is 5.18. The van der Waals surface area contributed by atoms with E-state index < -0.39 is 0 Å². The minimum Gasteiger partial charge on any atom is -0.483 e. The average Bonchev–Trinajstić information content (AvgIpc) is 2.50. The van der Waals surface area contributed by atoms with Gasteiger partial charge < -0.3 is 23.7 Å². The van der Waals surface area contributed by atoms with Crippen molar-refractivity contribution in [3.63, 3.8) is 0 Å². The van der Waals surface area contributed by atoms with Crippen LogP contribution >= 0.6 is 0 Å². The first-order chi connectivity index (χ1) is 10.2. The zero-order chi connectivity index (χ0) is 14.7. The largest absolute Gasteiger partial charge is 0.483 e. The summed E-state index contributed by atoms with van der Waals surface area (Å²) in [6.07, 6.45) is 4.47. The molecule has 3 rings (SSSR count). The summed E-state index contributed by atoms with van der Waals surface area (Å²) >= 11 is 0. The lowest BCUT2D eigenvalue weighted by molar-refractivity contribution is -0.155. The highest BCUT2D eigenvalue weighted by Crippen LogP contribution is 2.35. The summed E-state index contributed by atoms with van der Waals surface area (Å²) in [4.78, 5) is 11.9. The van der Waals surface area contributed by atoms with E-state index in [1.54, 1.807) is 0 Å². The standard InChI is InChI=1S/C15H20O6/c16-9-12-7-13(17)14(10-19-12)21-11-1-4-20-15(8-11)2-5-18-6-3-15/h7,10-11,16H,1-6,8-9H2. The maximum atomic E-state index is 11.9. The van der Waals surface area contributed by atoms with Crippen LogP contribution in [0.25, 0.3) is 0 Å². The van der Waals surface area contributed by atoms with Crippen LogP contribution in [-0.4, -0.2) is 36.6 Å². The number of rotatable bonds is 3. The SMILES string of the molecule is O=c1cc(CO)occ1OC1CCOC2(CCOCC2)C1. The predicted octanol–water partition coefficient (Wildman–Crippen LogP) is 1.24. The molecule has 1 N–H and O–H groups in total. The van der Waals surface area contributed by atoms with Crippen LogP contribution in [0.4, 0.5) is 0 Å². The molecule has 2 aliphatic rings. The quantitative estimate of drug-likeness (QED) is 0.904. The molecule has 1 aromatic heterocycles. The smallest absolute Gasteiger partial charge is 0.227 e. The molecule has 2 fully saturated rings. The first-order valence-corrected chi connectivity index (χ1v) is 7.32. The van der Waals surface area contributed by atoms with Gasteiger partial charge in [-0.3, -0.25) is 4.79 Å². The summed E-state index contributed by atoms with van der Waals surface area (Å²) in [7, 11) is 0. The molecule has 0 saturated carbocycles. The molecule has 116 valence electrons. The highest BCUT2D eigenvalue weighted by Gasteiger charge is 2.40. The second-order valence-electron chi connectivity index (χ2n) is 5.61. The highest BCUT2D eigenvalue weighted by atomic mass is 16.5. The Balaban J connectivity index is 1.68. The zero-order valence-electron chi connectivity index (χ0n) is 11.9. The van der Waals surface area contributed by atoms with Crippen molar-refractivity contribution in [3.8, 4) is 5.75 Å². The molecule has 3 heterocycles. The Morgan fingerprint density at radius 1 is 1.33 bits per heavy atom. The second-order valence-corrected chi connectivity index (χ2v) is 5.61. The van der Waals surface area contributed by atoms with Crippen molar-refractivity contribution in [1.82, 2.24) is 0 Å². The van der Waals surface area contributed by atoms with Crippen molar-refractivity contribution in [3.05, 3.63) is 28.3 Å². The van der Waals surface area contributed by atoms with E-state index in [2.05, 4.69) is 0 Å². The Morgan fingerprint density at radius 3 is 2.86 bits per heavy atom. The fraction of sp³-hybridized carbons (Fsp3) is 0.667. The Kier molecular flexibility index (Phi) is 4.28. The molecule has 21 heavy (non-hydrogen) atoms. The molecule has 0 bridgehead atoms. The molecule has 1 unspecified atom stereocenters. The molecule has 2 saturated heterocycles. The Hall–Kier alpha value is -1.37. The van der Waals surface area contributed by atoms with Gasteiger partial charge in [-0.1, -0.05) is 0 Å². The van der Waals surface area contributed by atoms with Gasteiger partial charge in [0, 0.05) is 32.1 Å². The van der Waals surface area contributed by atoms with Crippen molar-refractivity contribution in [1.29, 1.82) is 0 Å². The number of aliphatic hydroxyl groups excluding tert-OH is 1. The van der Waals surface area contributed by atoms with E-state index >= 15 is 0 Å². The van der Waals surface area contributed by atoms with E-state index in [1.807, 2.05) is 0 Å². The summed E-state index contributed by atoms with van der Waals surface area (Å²) < 4.78 is 22.3. The first kappa shape index (κ1) is 14.6. The van der Waals surface area contributed by atoms with Gasteiger partial charge in [-0.15, -0.1) is 0 Å². The van der Waals surface area contributed by atoms with Gasteiger partial charge >= 0.3 is 0 Å². The lowest BCUT2D eigenvalue weighted by Gasteiger charge is -2.42. The molecule has 6 nitrogen and oxygen atoms in total. The fourth-order valence-electron chi connectivity index (χ4n) is 2.96. The molecule has 2 aliphatic heterocycles. The zero-order valence-corrected chi connectivity index (χ0v) is 11.9. The van der Waals surface area contributed by atoms with E-state index in [0.29, 0.717) is 19.8 Å². The van der Waals surface area contributed by atoms with Gasteiger partial charge in [-0.2, -0.15) is 0 Å². The summed E-state index contributed by atoms with van der Waals surface area (Å²) in [6.45, 7) is 1.75. The van der Waals surface area contributed by atoms with E-state index in [1.165, 1.54) is 12.3 Å². The van der Waals surface area contributed by atoms with Crippen LogP contribution in [0, 0.1) is 0 Å². The summed E-state index contributed by atoms with van der Waals surface area (Å²) in [5, 5.41) is 8.94. The van der Waals surface area contributed by atoms with Crippen LogP contribution in [0.5, 0.6) is 5.75 Å². The van der Waals surface area contributed by atoms with Crippen molar-refractivity contribution in [2.24, 2.45) is 0 Å². The van der Waals surface area contributed by atoms with Gasteiger partial charge in [-0.25, -0.2) is 0 Å². The van der Waals surface area contributed by atoms with Crippen LogP contribution in [0.2, 0.25) is 0 Å². The first-order valence-electron chi connectivity index (χ1n) is 7.32. The monoisotopic (exact) mass is 296 g/mol. The van der Waals surface area contributed by atoms with E-state index in [4.69, 9.17) is 23.7 Å². The van der Waals surface area contributed by atoms with Gasteiger partial charge in [0.1, 0.15) is 24.7 Å². The van der Waals surface area contributed by atoms with Gasteiger partial charge in [-0.05, 0) is 12.8 Å². The third-order valence-electron chi connectivity index (χ3n) is 4.15. The maximum absolute atomic E-state index is 11.9. The third-order valence-corrected chi connectivity index (χ3v) is 4.15. The van der Waals surface area contributed by atoms with Crippen molar-refractivity contribution in [2.75, 3.05) is 19.8 Å². The lowest BCUT2D eigenvalue weighted by Crippen LogP contribution is -2.47. The number of aliphatic hydroxyl groups is 1. The molecule has 0 aromatic carbocycles. The number of hydrogen-bond donors (Lipinski definition) is 1. The van der Waals surface area contributed by atoms with Gasteiger partial charge in [0.15, 0.2) is 0 Å². The Labute approximate surface area is 122 Å². The molecular formula is C15H20O6. The molecule has 6 heteroatoms. The van der Waals surface area contributed by atoms with Crippen LogP contribution in [0.15, 0.2) is 21.5 Å². The van der Waals surface area contributed by atoms with Gasteiger partial charge in [0.2, 0.25) is 11.2 Å². The average molecular weight is 296 g/mol. The minimum atomic E-state index is -0.296. The molecular weight excluding hydrogens is 276 g/mol. The third kappa shape index (κ3) is 3.28. The Bertz CT molecular complexity index is 526. The minimum absolute atomic E-state index is 0.0558. The Morgan fingerprint density at radius 2 is 2.14 bits per heavy atom. The van der Waals surface area contributed by atoms with E-state index in [9.17, 15) is 4.79 Å². The van der Waals surface area contributed by atoms with Crippen molar-refractivity contribution >= 4 is 0 Å². The van der Waals surface area contributed by atoms with E-state index in [-0.39, 0.29) is 35.3 Å². The van der Waals surface area contributed by atoms with Gasteiger partial charge in [0.25, 0.3) is 0 Å². The maximum Gasteiger partial charge on any atom is 0.227 e. The van der Waals surface area contributed by atoms with Crippen LogP contribution in [0.3, 0.4) is 0 Å². The molecule has 1 aromatic rings. The molecule has 0 radical (unpaired) electrons. The lowest BCUT2D eigenvalue weighted by atomic mass is 9.85. The number of hydrogen-bond acceptors (Lipinski definition) is 6. The molecule has 1 spiro atoms. The van der Waals surface area contributed by atoms with Crippen LogP contribution < -0.4 is 10.2 Å². The predicted molar refractivity (Wildman–Crippen MR) is 73.3 cm³/mol. The van der Waals surface area contributed by atoms with Crippen molar-refractivity contribution in [2.45, 2.75) is 44.0 Å². The second kappa shape index (κ2) is 6.17. The van der Waals surface area contributed by atoms with Crippen LogP contribution in [0.1, 0.15) is 31.4 Å². The summed E-state index contributed by atoms with van der Waals surface area (Å²) in [6, 6.07) is 1.26. The molecule has 1 atom stereocenters. The topological polar surface area (TPSA) is 78.1 Å². The molecule has 0 amide bonds. The summed E-state index contributed by atoms with van der Waals surface area (Å²) in [5.41, 5.74) is -0.440. The van der Waals surface area contributed by atoms with Gasteiger partial charge in [0.05, 0.1) is 12.2 Å². The fourth-order valence-corrected chi connectivity index (χ4v) is 2.96. The normalized spacial score (nSPS) is 24.9. The van der Waals surface area contributed by atoms with E-state index in [0.717, 1.165) is 25.7 Å². The van der Waals surface area contributed by atoms with Crippen LogP contribution in [-0.2, 0) is 16.1 Å². The molecule has 0 aliphatic carbocycles. The number of ether oxygens (including phenoxy) is 3. The van der Waals surface area contributed by atoms with Crippen molar-refractivity contribution < 1.29 is 23.7 Å². The summed E-state index contributed by atoms with van der Waals surface area (Å²) in [5.74, 6) is 0.432.